The van der Waals surface area contributed by atoms with Crippen LogP contribution in [0.3, 0.4) is 0 Å². The van der Waals surface area contributed by atoms with Crippen LogP contribution < -0.4 is 5.32 Å². The van der Waals surface area contributed by atoms with Crippen LogP contribution in [0.15, 0.2) is 18.2 Å². The fraction of sp³-hybridized carbons (Fsp3) is 0.500. The van der Waals surface area contributed by atoms with E-state index < -0.39 is 33.7 Å². The maximum Gasteiger partial charge on any atom is 0.281 e. The molecule has 0 bridgehead atoms. The molecular weight excluding hydrogens is 328 g/mol. The standard InChI is InChI=1S/C14H19F2N3O3S/c1-18(2)23(21,22)19-7-3-4-10(9-19)14(20)17-11-5-6-12(15)13(16)8-11/h5-6,8,10H,3-4,7,9H2,1-2H3,(H,17,20)/t10-/m1/s1. The summed E-state index contributed by atoms with van der Waals surface area (Å²) < 4.78 is 52.6. The maximum atomic E-state index is 13.2. The Balaban J connectivity index is 2.06. The Kier molecular flexibility index (Phi) is 5.33. The molecule has 1 N–H and O–H groups in total. The number of amides is 1. The number of carbonyl (C=O) groups excluding carboxylic acids is 1. The van der Waals surface area contributed by atoms with E-state index in [2.05, 4.69) is 5.32 Å². The van der Waals surface area contributed by atoms with Crippen LogP contribution in [0, 0.1) is 17.6 Å². The molecule has 1 amide bonds. The maximum absolute atomic E-state index is 13.2. The first-order valence-corrected chi connectivity index (χ1v) is 8.55. The lowest BCUT2D eigenvalue weighted by Crippen LogP contribution is -2.47. The molecular formula is C14H19F2N3O3S. The van der Waals surface area contributed by atoms with Crippen LogP contribution in [0.25, 0.3) is 0 Å². The minimum Gasteiger partial charge on any atom is -0.326 e. The van der Waals surface area contributed by atoms with Gasteiger partial charge in [-0.15, -0.1) is 0 Å². The van der Waals surface area contributed by atoms with Crippen molar-refractivity contribution >= 4 is 21.8 Å². The van der Waals surface area contributed by atoms with Crippen LogP contribution in [0.2, 0.25) is 0 Å². The molecule has 0 spiro atoms. The molecule has 1 aromatic rings. The van der Waals surface area contributed by atoms with Crippen molar-refractivity contribution in [3.8, 4) is 0 Å². The average molecular weight is 347 g/mol. The van der Waals surface area contributed by atoms with Crippen molar-refractivity contribution in [2.45, 2.75) is 12.8 Å². The molecule has 1 fully saturated rings. The summed E-state index contributed by atoms with van der Waals surface area (Å²) in [5.74, 6) is -2.99. The Labute approximate surface area is 134 Å². The van der Waals surface area contributed by atoms with E-state index in [1.54, 1.807) is 0 Å². The zero-order valence-corrected chi connectivity index (χ0v) is 13.7. The molecule has 1 aromatic carbocycles. The van der Waals surface area contributed by atoms with E-state index in [-0.39, 0.29) is 12.2 Å². The van der Waals surface area contributed by atoms with Crippen molar-refractivity contribution in [3.05, 3.63) is 29.8 Å². The molecule has 2 rings (SSSR count). The number of halogens is 2. The number of carbonyl (C=O) groups is 1. The van der Waals surface area contributed by atoms with Crippen molar-refractivity contribution in [3.63, 3.8) is 0 Å². The van der Waals surface area contributed by atoms with Crippen molar-refractivity contribution in [2.24, 2.45) is 5.92 Å². The second-order valence-electron chi connectivity index (χ2n) is 5.61. The van der Waals surface area contributed by atoms with Crippen LogP contribution in [-0.4, -0.2) is 50.1 Å². The van der Waals surface area contributed by atoms with E-state index in [1.165, 1.54) is 24.5 Å². The third-order valence-corrected chi connectivity index (χ3v) is 5.64. The van der Waals surface area contributed by atoms with Gasteiger partial charge in [0.1, 0.15) is 0 Å². The quantitative estimate of drug-likeness (QED) is 0.896. The number of hydrogen-bond acceptors (Lipinski definition) is 3. The van der Waals surface area contributed by atoms with Gasteiger partial charge in [-0.1, -0.05) is 0 Å². The predicted molar refractivity (Wildman–Crippen MR) is 81.9 cm³/mol. The summed E-state index contributed by atoms with van der Waals surface area (Å²) in [5, 5.41) is 2.50. The average Bonchev–Trinajstić information content (AvgIpc) is 2.51. The molecule has 23 heavy (non-hydrogen) atoms. The number of anilines is 1. The van der Waals surface area contributed by atoms with E-state index in [9.17, 15) is 22.0 Å². The van der Waals surface area contributed by atoms with Gasteiger partial charge in [0.05, 0.1) is 5.92 Å². The summed E-state index contributed by atoms with van der Waals surface area (Å²) in [4.78, 5) is 12.2. The highest BCUT2D eigenvalue weighted by Gasteiger charge is 2.33. The number of nitrogens with one attached hydrogen (secondary N) is 1. The third-order valence-electron chi connectivity index (χ3n) is 3.73. The molecule has 6 nitrogen and oxygen atoms in total. The normalized spacial score (nSPS) is 19.8. The second-order valence-corrected chi connectivity index (χ2v) is 7.75. The van der Waals surface area contributed by atoms with Gasteiger partial charge in [-0.3, -0.25) is 4.79 Å². The Morgan fingerprint density at radius 1 is 1.30 bits per heavy atom. The second kappa shape index (κ2) is 6.90. The van der Waals surface area contributed by atoms with Gasteiger partial charge >= 0.3 is 0 Å². The molecule has 0 saturated carbocycles. The number of benzene rings is 1. The SMILES string of the molecule is CN(C)S(=O)(=O)N1CCC[C@@H](C(=O)Nc2ccc(F)c(F)c2)C1. The molecule has 1 heterocycles. The Morgan fingerprint density at radius 3 is 2.61 bits per heavy atom. The fourth-order valence-corrected chi connectivity index (χ4v) is 3.61. The van der Waals surface area contributed by atoms with E-state index in [0.717, 1.165) is 16.4 Å². The first kappa shape index (κ1) is 17.8. The molecule has 1 aliphatic rings. The Morgan fingerprint density at radius 2 is 2.00 bits per heavy atom. The van der Waals surface area contributed by atoms with Crippen LogP contribution in [0.1, 0.15) is 12.8 Å². The van der Waals surface area contributed by atoms with E-state index in [1.807, 2.05) is 0 Å². The molecule has 0 aromatic heterocycles. The van der Waals surface area contributed by atoms with Crippen LogP contribution >= 0.6 is 0 Å². The highest BCUT2D eigenvalue weighted by molar-refractivity contribution is 7.86. The van der Waals surface area contributed by atoms with Gasteiger partial charge in [-0.05, 0) is 25.0 Å². The van der Waals surface area contributed by atoms with E-state index in [4.69, 9.17) is 0 Å². The third kappa shape index (κ3) is 4.04. The van der Waals surface area contributed by atoms with Gasteiger partial charge in [0.15, 0.2) is 11.6 Å². The van der Waals surface area contributed by atoms with Crippen molar-refractivity contribution in [1.82, 2.24) is 8.61 Å². The largest absolute Gasteiger partial charge is 0.326 e. The van der Waals surface area contributed by atoms with Gasteiger partial charge < -0.3 is 5.32 Å². The van der Waals surface area contributed by atoms with Gasteiger partial charge in [-0.25, -0.2) is 8.78 Å². The predicted octanol–water partition coefficient (Wildman–Crippen LogP) is 1.42. The number of rotatable bonds is 4. The molecule has 128 valence electrons. The highest BCUT2D eigenvalue weighted by Crippen LogP contribution is 2.22. The lowest BCUT2D eigenvalue weighted by Gasteiger charge is -2.32. The Bertz CT molecular complexity index is 695. The van der Waals surface area contributed by atoms with Crippen molar-refractivity contribution in [2.75, 3.05) is 32.5 Å². The summed E-state index contributed by atoms with van der Waals surface area (Å²) in [6.45, 7) is 0.422. The zero-order valence-electron chi connectivity index (χ0n) is 12.9. The summed E-state index contributed by atoms with van der Waals surface area (Å²) in [6.07, 6.45) is 1.10. The van der Waals surface area contributed by atoms with E-state index in [0.29, 0.717) is 19.4 Å². The summed E-state index contributed by atoms with van der Waals surface area (Å²) in [6, 6.07) is 3.08. The lowest BCUT2D eigenvalue weighted by atomic mass is 9.98. The molecule has 0 unspecified atom stereocenters. The fourth-order valence-electron chi connectivity index (χ4n) is 2.42. The molecule has 9 heteroatoms. The molecule has 0 aliphatic carbocycles. The van der Waals surface area contributed by atoms with Crippen LogP contribution in [-0.2, 0) is 15.0 Å². The van der Waals surface area contributed by atoms with Gasteiger partial charge in [0, 0.05) is 38.9 Å². The Hall–Kier alpha value is -1.58. The first-order valence-electron chi connectivity index (χ1n) is 7.15. The van der Waals surface area contributed by atoms with Crippen LogP contribution in [0.4, 0.5) is 14.5 Å². The van der Waals surface area contributed by atoms with Crippen molar-refractivity contribution in [1.29, 1.82) is 0 Å². The van der Waals surface area contributed by atoms with Crippen LogP contribution in [0.5, 0.6) is 0 Å². The van der Waals surface area contributed by atoms with E-state index >= 15 is 0 Å². The topological polar surface area (TPSA) is 69.7 Å². The minimum atomic E-state index is -3.57. The summed E-state index contributed by atoms with van der Waals surface area (Å²) >= 11 is 0. The van der Waals surface area contributed by atoms with Gasteiger partial charge in [-0.2, -0.15) is 17.0 Å². The zero-order chi connectivity index (χ0) is 17.2. The van der Waals surface area contributed by atoms with Crippen molar-refractivity contribution < 1.29 is 22.0 Å². The molecule has 1 aliphatic heterocycles. The summed E-state index contributed by atoms with van der Waals surface area (Å²) in [5.41, 5.74) is 0.140. The smallest absolute Gasteiger partial charge is 0.281 e. The first-order chi connectivity index (χ1) is 10.7. The van der Waals surface area contributed by atoms with Gasteiger partial charge in [0.25, 0.3) is 10.2 Å². The van der Waals surface area contributed by atoms with Gasteiger partial charge in [0.2, 0.25) is 5.91 Å². The molecule has 0 radical (unpaired) electrons. The highest BCUT2D eigenvalue weighted by atomic mass is 32.2. The monoisotopic (exact) mass is 347 g/mol. The molecule has 1 atom stereocenters. The minimum absolute atomic E-state index is 0.0655. The number of piperidine rings is 1. The summed E-state index contributed by atoms with van der Waals surface area (Å²) in [7, 11) is -0.713. The number of nitrogens with zero attached hydrogens (tertiary/aromatic N) is 2. The lowest BCUT2D eigenvalue weighted by molar-refractivity contribution is -0.120. The molecule has 1 saturated heterocycles. The number of hydrogen-bond donors (Lipinski definition) is 1.